The van der Waals surface area contributed by atoms with Gasteiger partial charge in [0, 0.05) is 11.4 Å². The number of halogens is 2. The van der Waals surface area contributed by atoms with E-state index < -0.39 is 26.6 Å². The Bertz CT molecular complexity index is 703. The second-order valence-electron chi connectivity index (χ2n) is 3.79. The first-order valence-electron chi connectivity index (χ1n) is 5.22. The number of nitrogens with one attached hydrogen (secondary N) is 1. The summed E-state index contributed by atoms with van der Waals surface area (Å²) in [5, 5.41) is 0. The summed E-state index contributed by atoms with van der Waals surface area (Å²) in [4.78, 5) is -0.825. The van der Waals surface area contributed by atoms with Crippen molar-refractivity contribution >= 4 is 21.4 Å². The van der Waals surface area contributed by atoms with E-state index in [0.717, 1.165) is 12.1 Å². The fourth-order valence-corrected chi connectivity index (χ4v) is 2.68. The van der Waals surface area contributed by atoms with Gasteiger partial charge in [0.05, 0.1) is 0 Å². The predicted octanol–water partition coefficient (Wildman–Crippen LogP) is 2.35. The molecule has 4 nitrogen and oxygen atoms in total. The summed E-state index contributed by atoms with van der Waals surface area (Å²) in [7, 11) is -4.23. The van der Waals surface area contributed by atoms with E-state index in [1.807, 2.05) is 0 Å². The van der Waals surface area contributed by atoms with Crippen molar-refractivity contribution < 1.29 is 17.2 Å². The molecule has 0 aliphatic rings. The third kappa shape index (κ3) is 2.82. The Balaban J connectivity index is 2.46. The van der Waals surface area contributed by atoms with E-state index in [-0.39, 0.29) is 11.4 Å². The smallest absolute Gasteiger partial charge is 0.265 e. The number of hydrogen-bond donors (Lipinski definition) is 2. The summed E-state index contributed by atoms with van der Waals surface area (Å²) in [5.41, 5.74) is 5.39. The number of nitrogens with two attached hydrogens (primary N) is 1. The van der Waals surface area contributed by atoms with E-state index in [1.165, 1.54) is 12.1 Å². The van der Waals surface area contributed by atoms with Gasteiger partial charge < -0.3 is 5.73 Å². The third-order valence-corrected chi connectivity index (χ3v) is 3.71. The van der Waals surface area contributed by atoms with Gasteiger partial charge in [-0.05, 0) is 24.3 Å². The Morgan fingerprint density at radius 1 is 1.05 bits per heavy atom. The highest BCUT2D eigenvalue weighted by atomic mass is 32.2. The number of benzene rings is 2. The minimum Gasteiger partial charge on any atom is -0.399 e. The molecule has 0 aromatic heterocycles. The molecule has 0 radical (unpaired) electrons. The normalized spacial score (nSPS) is 11.3. The molecule has 19 heavy (non-hydrogen) atoms. The van der Waals surface area contributed by atoms with Crippen molar-refractivity contribution in [1.29, 1.82) is 0 Å². The van der Waals surface area contributed by atoms with Gasteiger partial charge in [-0.25, -0.2) is 17.2 Å². The van der Waals surface area contributed by atoms with Crippen LogP contribution in [0.5, 0.6) is 0 Å². The maximum absolute atomic E-state index is 13.5. The van der Waals surface area contributed by atoms with Crippen LogP contribution in [0.1, 0.15) is 0 Å². The standard InChI is InChI=1S/C12H10F2N2O2S/c13-10-6-8(15)7-11(12(10)14)19(17,18)16-9-4-2-1-3-5-9/h1-7,16H,15H2. The van der Waals surface area contributed by atoms with Crippen LogP contribution in [0.2, 0.25) is 0 Å². The number of hydrogen-bond acceptors (Lipinski definition) is 3. The van der Waals surface area contributed by atoms with E-state index in [0.29, 0.717) is 0 Å². The Morgan fingerprint density at radius 3 is 2.32 bits per heavy atom. The van der Waals surface area contributed by atoms with Crippen molar-refractivity contribution in [3.63, 3.8) is 0 Å². The molecule has 3 N–H and O–H groups in total. The lowest BCUT2D eigenvalue weighted by Gasteiger charge is -2.09. The Kier molecular flexibility index (Phi) is 3.39. The van der Waals surface area contributed by atoms with Gasteiger partial charge in [-0.3, -0.25) is 4.72 Å². The zero-order valence-electron chi connectivity index (χ0n) is 9.60. The zero-order chi connectivity index (χ0) is 14.0. The van der Waals surface area contributed by atoms with Gasteiger partial charge in [0.15, 0.2) is 11.6 Å². The average molecular weight is 284 g/mol. The van der Waals surface area contributed by atoms with Gasteiger partial charge in [-0.1, -0.05) is 18.2 Å². The third-order valence-electron chi connectivity index (χ3n) is 2.33. The molecule has 7 heteroatoms. The molecular weight excluding hydrogens is 274 g/mol. The lowest BCUT2D eigenvalue weighted by atomic mass is 10.3. The molecule has 100 valence electrons. The summed E-state index contributed by atoms with van der Waals surface area (Å²) < 4.78 is 52.7. The fourth-order valence-electron chi connectivity index (χ4n) is 1.50. The quantitative estimate of drug-likeness (QED) is 0.850. The monoisotopic (exact) mass is 284 g/mol. The number of nitrogen functional groups attached to an aromatic ring is 1. The van der Waals surface area contributed by atoms with Gasteiger partial charge in [0.2, 0.25) is 0 Å². The highest BCUT2D eigenvalue weighted by Gasteiger charge is 2.22. The summed E-state index contributed by atoms with van der Waals surface area (Å²) in [5.74, 6) is -2.77. The number of rotatable bonds is 3. The SMILES string of the molecule is Nc1cc(F)c(F)c(S(=O)(=O)Nc2ccccc2)c1. The predicted molar refractivity (Wildman–Crippen MR) is 68.0 cm³/mol. The van der Waals surface area contributed by atoms with Crippen LogP contribution in [0.15, 0.2) is 47.4 Å². The molecule has 0 aliphatic carbocycles. The summed E-state index contributed by atoms with van der Waals surface area (Å²) in [6.45, 7) is 0. The first kappa shape index (κ1) is 13.3. The molecule has 0 atom stereocenters. The molecule has 0 saturated heterocycles. The van der Waals surface area contributed by atoms with Crippen LogP contribution in [0, 0.1) is 11.6 Å². The lowest BCUT2D eigenvalue weighted by molar-refractivity contribution is 0.486. The maximum Gasteiger partial charge on any atom is 0.265 e. The number of para-hydroxylation sites is 1. The first-order valence-corrected chi connectivity index (χ1v) is 6.71. The van der Waals surface area contributed by atoms with Crippen LogP contribution >= 0.6 is 0 Å². The molecular formula is C12H10F2N2O2S. The number of anilines is 2. The van der Waals surface area contributed by atoms with E-state index in [1.54, 1.807) is 18.2 Å². The molecule has 0 fully saturated rings. The second-order valence-corrected chi connectivity index (χ2v) is 5.44. The Labute approximate surface area is 108 Å². The maximum atomic E-state index is 13.5. The first-order chi connectivity index (χ1) is 8.90. The largest absolute Gasteiger partial charge is 0.399 e. The fraction of sp³-hybridized carbons (Fsp3) is 0. The molecule has 0 spiro atoms. The molecule has 0 heterocycles. The minimum atomic E-state index is -4.23. The Hall–Kier alpha value is -2.15. The van der Waals surface area contributed by atoms with Crippen LogP contribution < -0.4 is 10.5 Å². The van der Waals surface area contributed by atoms with E-state index in [4.69, 9.17) is 5.73 Å². The van der Waals surface area contributed by atoms with Gasteiger partial charge in [0.25, 0.3) is 10.0 Å². The topological polar surface area (TPSA) is 72.2 Å². The summed E-state index contributed by atoms with van der Waals surface area (Å²) >= 11 is 0. The Morgan fingerprint density at radius 2 is 1.68 bits per heavy atom. The van der Waals surface area contributed by atoms with Crippen molar-refractivity contribution in [3.8, 4) is 0 Å². The second kappa shape index (κ2) is 4.85. The van der Waals surface area contributed by atoms with Crippen molar-refractivity contribution in [2.45, 2.75) is 4.90 Å². The summed E-state index contributed by atoms with van der Waals surface area (Å²) in [6, 6.07) is 9.46. The van der Waals surface area contributed by atoms with Crippen LogP contribution in [0.4, 0.5) is 20.2 Å². The van der Waals surface area contributed by atoms with Crippen LogP contribution in [0.3, 0.4) is 0 Å². The molecule has 2 rings (SSSR count). The molecule has 0 aliphatic heterocycles. The van der Waals surface area contributed by atoms with Crippen molar-refractivity contribution in [2.75, 3.05) is 10.5 Å². The van der Waals surface area contributed by atoms with Gasteiger partial charge in [-0.2, -0.15) is 0 Å². The molecule has 0 unspecified atom stereocenters. The van der Waals surface area contributed by atoms with Crippen molar-refractivity contribution in [3.05, 3.63) is 54.1 Å². The molecule has 0 saturated carbocycles. The lowest BCUT2D eigenvalue weighted by Crippen LogP contribution is -2.15. The highest BCUT2D eigenvalue weighted by Crippen LogP contribution is 2.23. The highest BCUT2D eigenvalue weighted by molar-refractivity contribution is 7.92. The van der Waals surface area contributed by atoms with Crippen LogP contribution in [0.25, 0.3) is 0 Å². The molecule has 2 aromatic rings. The molecule has 0 amide bonds. The molecule has 2 aromatic carbocycles. The van der Waals surface area contributed by atoms with E-state index >= 15 is 0 Å². The summed E-state index contributed by atoms with van der Waals surface area (Å²) in [6.07, 6.45) is 0. The van der Waals surface area contributed by atoms with Crippen LogP contribution in [-0.4, -0.2) is 8.42 Å². The van der Waals surface area contributed by atoms with Crippen LogP contribution in [-0.2, 0) is 10.0 Å². The van der Waals surface area contributed by atoms with Gasteiger partial charge >= 0.3 is 0 Å². The average Bonchev–Trinajstić information content (AvgIpc) is 2.34. The van der Waals surface area contributed by atoms with Crippen molar-refractivity contribution in [2.24, 2.45) is 0 Å². The zero-order valence-corrected chi connectivity index (χ0v) is 10.4. The van der Waals surface area contributed by atoms with E-state index in [2.05, 4.69) is 4.72 Å². The van der Waals surface area contributed by atoms with Gasteiger partial charge in [-0.15, -0.1) is 0 Å². The van der Waals surface area contributed by atoms with Crippen molar-refractivity contribution in [1.82, 2.24) is 0 Å². The van der Waals surface area contributed by atoms with Gasteiger partial charge in [0.1, 0.15) is 4.90 Å². The minimum absolute atomic E-state index is 0.174. The number of sulfonamides is 1. The molecule has 0 bridgehead atoms. The van der Waals surface area contributed by atoms with E-state index in [9.17, 15) is 17.2 Å².